The minimum atomic E-state index is -1.19. The highest BCUT2D eigenvalue weighted by molar-refractivity contribution is 6.32. The van der Waals surface area contributed by atoms with Crippen LogP contribution in [-0.4, -0.2) is 55.1 Å². The normalized spacial score (nSPS) is 12.2. The number of aromatic nitrogens is 5. The van der Waals surface area contributed by atoms with E-state index in [1.165, 1.54) is 17.2 Å². The third-order valence-electron chi connectivity index (χ3n) is 3.27. The van der Waals surface area contributed by atoms with Gasteiger partial charge in [-0.05, 0) is 19.1 Å². The first-order valence-corrected chi connectivity index (χ1v) is 7.76. The van der Waals surface area contributed by atoms with Gasteiger partial charge < -0.3 is 14.6 Å². The van der Waals surface area contributed by atoms with Crippen LogP contribution in [0.4, 0.5) is 0 Å². The van der Waals surface area contributed by atoms with Crippen LogP contribution >= 0.6 is 11.6 Å². The van der Waals surface area contributed by atoms with Crippen LogP contribution in [0.2, 0.25) is 5.02 Å². The van der Waals surface area contributed by atoms with Gasteiger partial charge in [0.1, 0.15) is 11.7 Å². The number of nitrogens with zero attached hydrogens (tertiary/aromatic N) is 5. The molecule has 0 radical (unpaired) electrons. The van der Waals surface area contributed by atoms with Crippen molar-refractivity contribution in [2.75, 3.05) is 13.2 Å². The van der Waals surface area contributed by atoms with Crippen LogP contribution in [0.5, 0.6) is 5.88 Å². The molecule has 0 saturated carbocycles. The van der Waals surface area contributed by atoms with E-state index in [4.69, 9.17) is 21.1 Å². The molecule has 0 aliphatic carbocycles. The molecule has 3 aromatic rings. The first kappa shape index (κ1) is 17.1. The molecule has 3 rings (SSSR count). The molecule has 9 nitrogen and oxygen atoms in total. The van der Waals surface area contributed by atoms with Crippen LogP contribution in [0.1, 0.15) is 6.92 Å². The minimum absolute atomic E-state index is 0.0930. The van der Waals surface area contributed by atoms with Crippen molar-refractivity contribution in [3.05, 3.63) is 35.9 Å². The van der Waals surface area contributed by atoms with Gasteiger partial charge in [-0.2, -0.15) is 9.78 Å². The van der Waals surface area contributed by atoms with Gasteiger partial charge >= 0.3 is 5.97 Å². The molecule has 0 unspecified atom stereocenters. The summed E-state index contributed by atoms with van der Waals surface area (Å²) in [6.45, 7) is 2.04. The number of carboxylic acids is 1. The van der Waals surface area contributed by atoms with E-state index < -0.39 is 12.1 Å². The summed E-state index contributed by atoms with van der Waals surface area (Å²) in [7, 11) is 0. The van der Waals surface area contributed by atoms with Crippen molar-refractivity contribution in [1.29, 1.82) is 0 Å². The summed E-state index contributed by atoms with van der Waals surface area (Å²) in [6, 6.07) is 3.38. The highest BCUT2D eigenvalue weighted by Crippen LogP contribution is 2.26. The molecule has 3 heterocycles. The average molecular weight is 364 g/mol. The fourth-order valence-electron chi connectivity index (χ4n) is 2.12. The Morgan fingerprint density at radius 1 is 1.40 bits per heavy atom. The summed E-state index contributed by atoms with van der Waals surface area (Å²) in [5.41, 5.74) is 0.395. The third-order valence-corrected chi connectivity index (χ3v) is 3.57. The van der Waals surface area contributed by atoms with Crippen molar-refractivity contribution in [2.45, 2.75) is 13.0 Å². The maximum Gasteiger partial charge on any atom is 0.347 e. The monoisotopic (exact) mass is 363 g/mol. The summed E-state index contributed by atoms with van der Waals surface area (Å²) in [5.74, 6) is -0.663. The highest BCUT2D eigenvalue weighted by atomic mass is 35.5. The van der Waals surface area contributed by atoms with Crippen LogP contribution in [0.15, 0.2) is 30.9 Å². The van der Waals surface area contributed by atoms with E-state index in [1.54, 1.807) is 25.3 Å². The van der Waals surface area contributed by atoms with E-state index >= 15 is 0 Å². The van der Waals surface area contributed by atoms with Crippen molar-refractivity contribution >= 4 is 28.6 Å². The molecule has 0 spiro atoms. The van der Waals surface area contributed by atoms with E-state index in [1.807, 2.05) is 0 Å². The molecule has 1 N–H and O–H groups in total. The van der Waals surface area contributed by atoms with Crippen LogP contribution in [-0.2, 0) is 9.53 Å². The van der Waals surface area contributed by atoms with Gasteiger partial charge in [0, 0.05) is 12.8 Å². The van der Waals surface area contributed by atoms with Gasteiger partial charge in [-0.1, -0.05) is 11.6 Å². The fraction of sp³-hybridized carbons (Fsp3) is 0.267. The average Bonchev–Trinajstić information content (AvgIpc) is 3.03. The Hall–Kier alpha value is -2.78. The van der Waals surface area contributed by atoms with Gasteiger partial charge in [0.2, 0.25) is 12.0 Å². The Balaban J connectivity index is 1.99. The molecule has 10 heteroatoms. The molecule has 0 saturated heterocycles. The molecule has 3 aromatic heterocycles. The number of carbonyl (C=O) groups is 1. The Kier molecular flexibility index (Phi) is 5.05. The minimum Gasteiger partial charge on any atom is -0.478 e. The number of hydrogen-bond donors (Lipinski definition) is 1. The third kappa shape index (κ3) is 3.52. The van der Waals surface area contributed by atoms with Crippen LogP contribution in [0, 0.1) is 0 Å². The van der Waals surface area contributed by atoms with Crippen molar-refractivity contribution in [3.8, 4) is 11.7 Å². The lowest BCUT2D eigenvalue weighted by Crippen LogP contribution is -2.32. The van der Waals surface area contributed by atoms with E-state index in [0.29, 0.717) is 28.5 Å². The van der Waals surface area contributed by atoms with E-state index in [2.05, 4.69) is 20.1 Å². The van der Waals surface area contributed by atoms with E-state index in [0.717, 1.165) is 0 Å². The molecule has 0 bridgehead atoms. The van der Waals surface area contributed by atoms with Crippen molar-refractivity contribution < 1.29 is 19.4 Å². The van der Waals surface area contributed by atoms with Gasteiger partial charge in [-0.3, -0.25) is 0 Å². The Labute approximate surface area is 147 Å². The van der Waals surface area contributed by atoms with Gasteiger partial charge in [0.05, 0.1) is 17.8 Å². The number of ether oxygens (including phenoxy) is 2. The fourth-order valence-corrected chi connectivity index (χ4v) is 2.32. The van der Waals surface area contributed by atoms with Gasteiger partial charge in [-0.25, -0.2) is 19.7 Å². The number of aliphatic carboxylic acids is 1. The Morgan fingerprint density at radius 2 is 2.24 bits per heavy atom. The SMILES string of the molecule is CCOC[C@H](Oc1ncnc2c1cnn2-c1ncccc1Cl)C(=O)O. The number of halogens is 1. The summed E-state index contributed by atoms with van der Waals surface area (Å²) >= 11 is 6.15. The second-order valence-electron chi connectivity index (χ2n) is 4.89. The maximum atomic E-state index is 11.3. The second kappa shape index (κ2) is 7.41. The molecular formula is C15H14ClN5O4. The van der Waals surface area contributed by atoms with Gasteiger partial charge in [0.15, 0.2) is 11.5 Å². The summed E-state index contributed by atoms with van der Waals surface area (Å²) in [4.78, 5) is 23.7. The number of fused-ring (bicyclic) bond motifs is 1. The first-order valence-electron chi connectivity index (χ1n) is 7.38. The van der Waals surface area contributed by atoms with Crippen molar-refractivity contribution in [3.63, 3.8) is 0 Å². The molecular weight excluding hydrogens is 350 g/mol. The second-order valence-corrected chi connectivity index (χ2v) is 5.29. The van der Waals surface area contributed by atoms with Crippen molar-refractivity contribution in [2.24, 2.45) is 0 Å². The predicted molar refractivity (Wildman–Crippen MR) is 88.0 cm³/mol. The summed E-state index contributed by atoms with van der Waals surface area (Å²) in [5, 5.41) is 14.3. The largest absolute Gasteiger partial charge is 0.478 e. The lowest BCUT2D eigenvalue weighted by Gasteiger charge is -2.14. The zero-order valence-electron chi connectivity index (χ0n) is 13.2. The van der Waals surface area contributed by atoms with Gasteiger partial charge in [0.25, 0.3) is 0 Å². The lowest BCUT2D eigenvalue weighted by molar-refractivity contribution is -0.148. The highest BCUT2D eigenvalue weighted by Gasteiger charge is 2.23. The standard InChI is InChI=1S/C15H14ClN5O4/c1-2-24-7-11(15(22)23)25-14-9-6-20-21(12(9)18-8-19-14)13-10(16)4-3-5-17-13/h3-6,8,11H,2,7H2,1H3,(H,22,23)/t11-/m0/s1. The van der Waals surface area contributed by atoms with Gasteiger partial charge in [-0.15, -0.1) is 0 Å². The Morgan fingerprint density at radius 3 is 2.96 bits per heavy atom. The summed E-state index contributed by atoms with van der Waals surface area (Å²) < 4.78 is 12.1. The van der Waals surface area contributed by atoms with Crippen molar-refractivity contribution in [1.82, 2.24) is 24.7 Å². The molecule has 0 fully saturated rings. The molecule has 0 aliphatic heterocycles. The zero-order chi connectivity index (χ0) is 17.8. The smallest absolute Gasteiger partial charge is 0.347 e. The predicted octanol–water partition coefficient (Wildman–Crippen LogP) is 1.73. The number of pyridine rings is 1. The van der Waals surface area contributed by atoms with E-state index in [9.17, 15) is 9.90 Å². The van der Waals surface area contributed by atoms with E-state index in [-0.39, 0.29) is 12.5 Å². The molecule has 130 valence electrons. The number of rotatable bonds is 7. The molecule has 25 heavy (non-hydrogen) atoms. The lowest BCUT2D eigenvalue weighted by atomic mass is 10.3. The molecule has 0 amide bonds. The number of carboxylic acid groups (broad SMARTS) is 1. The topological polar surface area (TPSA) is 112 Å². The van der Waals surface area contributed by atoms with Crippen LogP contribution in [0.25, 0.3) is 16.9 Å². The zero-order valence-corrected chi connectivity index (χ0v) is 13.9. The first-order chi connectivity index (χ1) is 12.1. The maximum absolute atomic E-state index is 11.3. The number of hydrogen-bond acceptors (Lipinski definition) is 7. The molecule has 0 aliphatic rings. The van der Waals surface area contributed by atoms with Crippen LogP contribution < -0.4 is 4.74 Å². The quantitative estimate of drug-likeness (QED) is 0.675. The Bertz CT molecular complexity index is 901. The molecule has 1 atom stereocenters. The summed E-state index contributed by atoms with van der Waals surface area (Å²) in [6.07, 6.45) is 3.11. The van der Waals surface area contributed by atoms with Crippen LogP contribution in [0.3, 0.4) is 0 Å². The molecule has 0 aromatic carbocycles.